The van der Waals surface area contributed by atoms with Crippen molar-refractivity contribution < 1.29 is 0 Å². The Bertz CT molecular complexity index is 4590. The second-order valence-electron chi connectivity index (χ2n) is 21.2. The first-order valence-corrected chi connectivity index (χ1v) is 27.8. The highest BCUT2D eigenvalue weighted by Crippen LogP contribution is 2.41. The minimum atomic E-state index is 0.611. The Hall–Kier alpha value is -11.2. The molecule has 0 spiro atoms. The Kier molecular flexibility index (Phi) is 10.2. The summed E-state index contributed by atoms with van der Waals surface area (Å²) in [5.41, 5.74) is 19.9. The second kappa shape index (κ2) is 18.2. The van der Waals surface area contributed by atoms with Gasteiger partial charge in [0.15, 0.2) is 11.6 Å². The lowest BCUT2D eigenvalue weighted by Gasteiger charge is -2.16. The highest BCUT2D eigenvalue weighted by Gasteiger charge is 2.20. The topological polar surface area (TPSA) is 58.4 Å². The largest absolute Gasteiger partial charge is 0.309 e. The summed E-state index contributed by atoms with van der Waals surface area (Å²) in [6, 6.07) is 101. The van der Waals surface area contributed by atoms with Crippen LogP contribution in [0.25, 0.3) is 155 Å². The van der Waals surface area contributed by atoms with Crippen LogP contribution in [0.3, 0.4) is 0 Å². The summed E-state index contributed by atoms with van der Waals surface area (Å²) >= 11 is 0. The van der Waals surface area contributed by atoms with E-state index in [1.807, 2.05) is 0 Å². The molecule has 12 aromatic carbocycles. The third kappa shape index (κ3) is 7.13. The van der Waals surface area contributed by atoms with Crippen molar-refractivity contribution in [1.29, 1.82) is 0 Å². The first-order chi connectivity index (χ1) is 40.7. The van der Waals surface area contributed by atoms with Gasteiger partial charge in [0.2, 0.25) is 0 Å². The summed E-state index contributed by atoms with van der Waals surface area (Å²) in [7, 11) is 0. The molecule has 0 fully saturated rings. The van der Waals surface area contributed by atoms with Gasteiger partial charge in [-0.15, -0.1) is 0 Å². The van der Waals surface area contributed by atoms with Crippen LogP contribution in [-0.2, 0) is 0 Å². The third-order valence-electron chi connectivity index (χ3n) is 16.7. The molecule has 7 nitrogen and oxygen atoms in total. The van der Waals surface area contributed by atoms with Crippen LogP contribution in [0, 0.1) is 0 Å². The summed E-state index contributed by atoms with van der Waals surface area (Å²) in [5.74, 6) is 1.22. The Balaban J connectivity index is 0.751. The number of benzene rings is 12. The molecule has 0 N–H and O–H groups in total. The Labute approximate surface area is 471 Å². The molecule has 17 aromatic rings. The molecule has 0 aliphatic rings. The van der Waals surface area contributed by atoms with Crippen molar-refractivity contribution in [1.82, 2.24) is 33.2 Å². The van der Waals surface area contributed by atoms with Crippen LogP contribution in [0.1, 0.15) is 0 Å². The van der Waals surface area contributed by atoms with Crippen LogP contribution in [0.4, 0.5) is 0 Å². The fourth-order valence-corrected chi connectivity index (χ4v) is 13.0. The average Bonchev–Trinajstić information content (AvgIpc) is 4.45. The fourth-order valence-electron chi connectivity index (χ4n) is 13.0. The van der Waals surface area contributed by atoms with E-state index >= 15 is 0 Å². The van der Waals surface area contributed by atoms with Crippen molar-refractivity contribution in [3.05, 3.63) is 285 Å². The molecule has 17 rings (SSSR count). The van der Waals surface area contributed by atoms with E-state index in [1.54, 1.807) is 6.33 Å². The van der Waals surface area contributed by atoms with E-state index in [2.05, 4.69) is 297 Å². The molecule has 0 radical (unpaired) electrons. The Morgan fingerprint density at radius 2 is 0.402 bits per heavy atom. The monoisotopic (exact) mass is 1050 g/mol. The zero-order chi connectivity index (χ0) is 53.8. The first kappa shape index (κ1) is 45.8. The molecular formula is C75H47N7. The zero-order valence-electron chi connectivity index (χ0n) is 44.3. The molecule has 5 aromatic heterocycles. The van der Waals surface area contributed by atoms with Crippen LogP contribution < -0.4 is 0 Å². The SMILES string of the molecule is c1ccc2c(c1)c1ccccc1n2-c1cc(-c2ccc(-c3ncnc(-c4ccc(-c5cc(-n6c7ccccc7c7ccccc76)cc(-n6c7ccccc7c7ccccc76)c5)cc4)n3)cc2)cc(-n2c3ccccc3c3ccccc32)c1. The first-order valence-electron chi connectivity index (χ1n) is 27.8. The van der Waals surface area contributed by atoms with Crippen LogP contribution >= 0.6 is 0 Å². The van der Waals surface area contributed by atoms with Crippen LogP contribution in [0.2, 0.25) is 0 Å². The van der Waals surface area contributed by atoms with E-state index in [4.69, 9.17) is 15.0 Å². The maximum atomic E-state index is 5.11. The predicted octanol–water partition coefficient (Wildman–Crippen LogP) is 18.9. The summed E-state index contributed by atoms with van der Waals surface area (Å²) in [4.78, 5) is 14.6. The van der Waals surface area contributed by atoms with Crippen LogP contribution in [-0.4, -0.2) is 33.2 Å². The number of hydrogen-bond donors (Lipinski definition) is 0. The lowest BCUT2D eigenvalue weighted by atomic mass is 10.0. The standard InChI is InChI=1S/C75H47N7/c1-9-25-66-58(17-1)59-18-2-10-26-67(59)79(66)54-41-52(42-55(45-54)80-68-27-11-3-19-60(68)61-20-4-12-28-69(61)80)48-33-37-50(38-34-48)74-76-47-77-75(78-74)51-39-35-49(36-40-51)53-43-56(81-70-29-13-5-21-62(70)63-22-6-14-30-71(63)81)46-57(44-53)82-72-31-15-7-23-64(72)65-24-8-16-32-73(65)82/h1-47H. The molecule has 0 unspecified atom stereocenters. The van der Waals surface area contributed by atoms with Gasteiger partial charge < -0.3 is 18.3 Å². The van der Waals surface area contributed by atoms with Gasteiger partial charge in [-0.3, -0.25) is 0 Å². The van der Waals surface area contributed by atoms with Crippen molar-refractivity contribution >= 4 is 87.2 Å². The molecule has 0 aliphatic heterocycles. The highest BCUT2D eigenvalue weighted by atomic mass is 15.0. The number of rotatable bonds is 8. The van der Waals surface area contributed by atoms with Crippen molar-refractivity contribution in [2.45, 2.75) is 0 Å². The van der Waals surface area contributed by atoms with Crippen molar-refractivity contribution in [2.24, 2.45) is 0 Å². The quantitative estimate of drug-likeness (QED) is 0.152. The molecule has 0 aliphatic carbocycles. The van der Waals surface area contributed by atoms with E-state index in [1.165, 1.54) is 87.2 Å². The van der Waals surface area contributed by atoms with E-state index in [9.17, 15) is 0 Å². The minimum Gasteiger partial charge on any atom is -0.309 e. The van der Waals surface area contributed by atoms with Gasteiger partial charge in [-0.25, -0.2) is 15.0 Å². The van der Waals surface area contributed by atoms with Crippen molar-refractivity contribution in [3.8, 4) is 67.8 Å². The third-order valence-corrected chi connectivity index (χ3v) is 16.7. The summed E-state index contributed by atoms with van der Waals surface area (Å²) in [6.07, 6.45) is 1.62. The summed E-state index contributed by atoms with van der Waals surface area (Å²) in [5, 5.41) is 9.82. The van der Waals surface area contributed by atoms with Gasteiger partial charge >= 0.3 is 0 Å². The van der Waals surface area contributed by atoms with Gasteiger partial charge in [0.1, 0.15) is 6.33 Å². The Morgan fingerprint density at radius 1 is 0.195 bits per heavy atom. The minimum absolute atomic E-state index is 0.611. The number of fused-ring (bicyclic) bond motifs is 12. The van der Waals surface area contributed by atoms with Gasteiger partial charge in [0.05, 0.1) is 44.1 Å². The smallest absolute Gasteiger partial charge is 0.163 e. The molecule has 0 saturated heterocycles. The number of aromatic nitrogens is 7. The zero-order valence-corrected chi connectivity index (χ0v) is 44.3. The summed E-state index contributed by atoms with van der Waals surface area (Å²) in [6.45, 7) is 0. The van der Waals surface area contributed by atoms with Gasteiger partial charge in [0, 0.05) is 77.0 Å². The predicted molar refractivity (Wildman–Crippen MR) is 339 cm³/mol. The molecule has 0 atom stereocenters. The molecule has 0 bridgehead atoms. The van der Waals surface area contributed by atoms with E-state index in [0.717, 1.165) is 56.1 Å². The maximum absolute atomic E-state index is 5.11. The van der Waals surface area contributed by atoms with Crippen molar-refractivity contribution in [2.75, 3.05) is 0 Å². The van der Waals surface area contributed by atoms with Gasteiger partial charge in [-0.05, 0) is 107 Å². The van der Waals surface area contributed by atoms with E-state index in [-0.39, 0.29) is 0 Å². The van der Waals surface area contributed by atoms with Gasteiger partial charge in [-0.2, -0.15) is 0 Å². The van der Waals surface area contributed by atoms with Crippen LogP contribution in [0.15, 0.2) is 285 Å². The van der Waals surface area contributed by atoms with E-state index < -0.39 is 0 Å². The lowest BCUT2D eigenvalue weighted by molar-refractivity contribution is 1.07. The fraction of sp³-hybridized carbons (Fsp3) is 0. The van der Waals surface area contributed by atoms with Gasteiger partial charge in [0.25, 0.3) is 0 Å². The molecule has 382 valence electrons. The highest BCUT2D eigenvalue weighted by molar-refractivity contribution is 6.13. The number of nitrogens with zero attached hydrogens (tertiary/aromatic N) is 7. The molecule has 7 heteroatoms. The lowest BCUT2D eigenvalue weighted by Crippen LogP contribution is -2.00. The average molecular weight is 1050 g/mol. The number of para-hydroxylation sites is 8. The molecule has 82 heavy (non-hydrogen) atoms. The molecule has 0 saturated carbocycles. The number of hydrogen-bond acceptors (Lipinski definition) is 3. The van der Waals surface area contributed by atoms with Crippen molar-refractivity contribution in [3.63, 3.8) is 0 Å². The normalized spacial score (nSPS) is 11.9. The van der Waals surface area contributed by atoms with E-state index in [0.29, 0.717) is 11.6 Å². The Morgan fingerprint density at radius 3 is 0.634 bits per heavy atom. The van der Waals surface area contributed by atoms with Gasteiger partial charge in [-0.1, -0.05) is 194 Å². The summed E-state index contributed by atoms with van der Waals surface area (Å²) < 4.78 is 9.64. The molecule has 5 heterocycles. The maximum Gasteiger partial charge on any atom is 0.163 e. The van der Waals surface area contributed by atoms with Crippen LogP contribution in [0.5, 0.6) is 0 Å². The molecular weight excluding hydrogens is 999 g/mol. The second-order valence-corrected chi connectivity index (χ2v) is 21.2. The molecule has 0 amide bonds.